The first-order valence-corrected chi connectivity index (χ1v) is 9.74. The van der Waals surface area contributed by atoms with Crippen LogP contribution in [0.4, 0.5) is 4.39 Å². The second kappa shape index (κ2) is 11.0. The summed E-state index contributed by atoms with van der Waals surface area (Å²) in [6.45, 7) is 5.69. The zero-order valence-electron chi connectivity index (χ0n) is 17.8. The molecule has 31 heavy (non-hydrogen) atoms. The minimum Gasteiger partial charge on any atom is -0.493 e. The van der Waals surface area contributed by atoms with Crippen LogP contribution in [-0.2, 0) is 4.79 Å². The number of benzene rings is 2. The van der Waals surface area contributed by atoms with E-state index in [2.05, 4.69) is 16.2 Å². The van der Waals surface area contributed by atoms with Crippen LogP contribution in [0.25, 0.3) is 0 Å². The highest BCUT2D eigenvalue weighted by molar-refractivity contribution is 5.99. The zero-order chi connectivity index (χ0) is 23.0. The number of hydrogen-bond donors (Lipinski definition) is 3. The van der Waals surface area contributed by atoms with Gasteiger partial charge in [-0.3, -0.25) is 25.2 Å². The van der Waals surface area contributed by atoms with Crippen LogP contribution in [0.5, 0.6) is 11.5 Å². The Labute approximate surface area is 180 Å². The highest BCUT2D eigenvalue weighted by Gasteiger charge is 2.26. The van der Waals surface area contributed by atoms with Gasteiger partial charge in [-0.2, -0.15) is 0 Å². The Morgan fingerprint density at radius 1 is 1.00 bits per heavy atom. The average Bonchev–Trinajstić information content (AvgIpc) is 2.75. The number of rotatable bonds is 8. The lowest BCUT2D eigenvalue weighted by atomic mass is 10.0. The molecule has 0 spiro atoms. The molecule has 0 fully saturated rings. The van der Waals surface area contributed by atoms with Crippen LogP contribution in [0.15, 0.2) is 42.5 Å². The maximum absolute atomic E-state index is 13.8. The van der Waals surface area contributed by atoms with E-state index in [0.717, 1.165) is 6.07 Å². The molecule has 0 aromatic heterocycles. The summed E-state index contributed by atoms with van der Waals surface area (Å²) in [5.41, 5.74) is 4.65. The number of hydrazine groups is 1. The van der Waals surface area contributed by atoms with Crippen molar-refractivity contribution in [3.8, 4) is 11.5 Å². The molecule has 2 rings (SSSR count). The van der Waals surface area contributed by atoms with Crippen LogP contribution in [0, 0.1) is 11.7 Å². The molecule has 3 amide bonds. The fourth-order valence-electron chi connectivity index (χ4n) is 2.75. The second-order valence-corrected chi connectivity index (χ2v) is 6.92. The van der Waals surface area contributed by atoms with Gasteiger partial charge in [0.2, 0.25) is 0 Å². The lowest BCUT2D eigenvalue weighted by Gasteiger charge is -2.22. The second-order valence-electron chi connectivity index (χ2n) is 6.92. The summed E-state index contributed by atoms with van der Waals surface area (Å²) in [4.78, 5) is 37.3. The summed E-state index contributed by atoms with van der Waals surface area (Å²) >= 11 is 0. The van der Waals surface area contributed by atoms with Crippen molar-refractivity contribution in [3.05, 3.63) is 59.4 Å². The fourth-order valence-corrected chi connectivity index (χ4v) is 2.75. The maximum atomic E-state index is 13.8. The van der Waals surface area contributed by atoms with E-state index in [4.69, 9.17) is 9.47 Å². The van der Waals surface area contributed by atoms with Crippen molar-refractivity contribution in [3.63, 3.8) is 0 Å². The third kappa shape index (κ3) is 6.18. The summed E-state index contributed by atoms with van der Waals surface area (Å²) in [5, 5.41) is 2.50. The van der Waals surface area contributed by atoms with Gasteiger partial charge in [-0.15, -0.1) is 0 Å². The first-order valence-electron chi connectivity index (χ1n) is 9.74. The van der Waals surface area contributed by atoms with Crippen LogP contribution in [0.1, 0.15) is 41.5 Å². The lowest BCUT2D eigenvalue weighted by Crippen LogP contribution is -2.54. The number of methoxy groups -OCH3 is 1. The van der Waals surface area contributed by atoms with Crippen molar-refractivity contribution >= 4 is 17.7 Å². The molecule has 2 aromatic rings. The van der Waals surface area contributed by atoms with Crippen LogP contribution in [-0.4, -0.2) is 37.5 Å². The molecule has 166 valence electrons. The van der Waals surface area contributed by atoms with Crippen LogP contribution >= 0.6 is 0 Å². The SMILES string of the molecule is CCOc1ccc(C(=O)NNC(=O)[C@H](NC(=O)c2ccccc2F)C(C)C)cc1OC. The predicted octanol–water partition coefficient (Wildman–Crippen LogP) is 2.45. The molecule has 0 aliphatic carbocycles. The van der Waals surface area contributed by atoms with Crippen LogP contribution in [0.2, 0.25) is 0 Å². The van der Waals surface area contributed by atoms with E-state index >= 15 is 0 Å². The van der Waals surface area contributed by atoms with Gasteiger partial charge in [0.25, 0.3) is 17.7 Å². The van der Waals surface area contributed by atoms with Gasteiger partial charge in [-0.05, 0) is 43.2 Å². The monoisotopic (exact) mass is 431 g/mol. The predicted molar refractivity (Wildman–Crippen MR) is 112 cm³/mol. The van der Waals surface area contributed by atoms with Gasteiger partial charge in [-0.25, -0.2) is 4.39 Å². The first kappa shape index (κ1) is 23.7. The Kier molecular flexibility index (Phi) is 8.36. The molecule has 2 aromatic carbocycles. The summed E-state index contributed by atoms with van der Waals surface area (Å²) < 4.78 is 24.5. The molecule has 0 unspecified atom stereocenters. The molecular formula is C22H26FN3O5. The molecule has 8 nitrogen and oxygen atoms in total. The molecule has 0 saturated heterocycles. The molecular weight excluding hydrogens is 405 g/mol. The smallest absolute Gasteiger partial charge is 0.269 e. The topological polar surface area (TPSA) is 106 Å². The molecule has 9 heteroatoms. The van der Waals surface area contributed by atoms with Crippen molar-refractivity contribution in [1.29, 1.82) is 0 Å². The van der Waals surface area contributed by atoms with Crippen molar-refractivity contribution in [2.45, 2.75) is 26.8 Å². The molecule has 0 heterocycles. The Morgan fingerprint density at radius 2 is 1.71 bits per heavy atom. The van der Waals surface area contributed by atoms with Crippen molar-refractivity contribution in [2.75, 3.05) is 13.7 Å². The Hall–Kier alpha value is -3.62. The maximum Gasteiger partial charge on any atom is 0.269 e. The highest BCUT2D eigenvalue weighted by atomic mass is 19.1. The summed E-state index contributed by atoms with van der Waals surface area (Å²) in [6.07, 6.45) is 0. The Bertz CT molecular complexity index is 948. The van der Waals surface area contributed by atoms with Gasteiger partial charge in [0, 0.05) is 5.56 Å². The third-order valence-electron chi connectivity index (χ3n) is 4.38. The molecule has 0 aliphatic rings. The number of nitrogens with one attached hydrogen (secondary N) is 3. The number of ether oxygens (including phenoxy) is 2. The normalized spacial score (nSPS) is 11.4. The number of hydrogen-bond acceptors (Lipinski definition) is 5. The third-order valence-corrected chi connectivity index (χ3v) is 4.38. The Morgan fingerprint density at radius 3 is 2.32 bits per heavy atom. The molecule has 0 saturated carbocycles. The van der Waals surface area contributed by atoms with Crippen molar-refractivity contribution in [2.24, 2.45) is 5.92 Å². The molecule has 0 aliphatic heterocycles. The summed E-state index contributed by atoms with van der Waals surface area (Å²) in [6, 6.07) is 9.05. The number of carbonyl (C=O) groups excluding carboxylic acids is 3. The van der Waals surface area contributed by atoms with E-state index in [1.807, 2.05) is 6.92 Å². The van der Waals surface area contributed by atoms with Gasteiger partial charge >= 0.3 is 0 Å². The van der Waals surface area contributed by atoms with E-state index in [0.29, 0.717) is 18.1 Å². The summed E-state index contributed by atoms with van der Waals surface area (Å²) in [5.74, 6) is -2.11. The van der Waals surface area contributed by atoms with Crippen LogP contribution in [0.3, 0.4) is 0 Å². The Balaban J connectivity index is 2.04. The van der Waals surface area contributed by atoms with Crippen molar-refractivity contribution < 1.29 is 28.2 Å². The minimum absolute atomic E-state index is 0.175. The average molecular weight is 431 g/mol. The van der Waals surface area contributed by atoms with E-state index in [9.17, 15) is 18.8 Å². The molecule has 3 N–H and O–H groups in total. The quantitative estimate of drug-likeness (QED) is 0.557. The number of carbonyl (C=O) groups is 3. The number of halogens is 1. The van der Waals surface area contributed by atoms with E-state index in [1.54, 1.807) is 19.9 Å². The van der Waals surface area contributed by atoms with Crippen molar-refractivity contribution in [1.82, 2.24) is 16.2 Å². The van der Waals surface area contributed by atoms with E-state index in [-0.39, 0.29) is 17.0 Å². The van der Waals surface area contributed by atoms with Gasteiger partial charge in [-0.1, -0.05) is 26.0 Å². The molecule has 0 bridgehead atoms. The fraction of sp³-hybridized carbons (Fsp3) is 0.318. The largest absolute Gasteiger partial charge is 0.493 e. The van der Waals surface area contributed by atoms with Gasteiger partial charge in [0.15, 0.2) is 11.5 Å². The zero-order valence-corrected chi connectivity index (χ0v) is 17.8. The minimum atomic E-state index is -0.998. The summed E-state index contributed by atoms with van der Waals surface area (Å²) in [7, 11) is 1.45. The van der Waals surface area contributed by atoms with Gasteiger partial charge in [0.05, 0.1) is 19.3 Å². The van der Waals surface area contributed by atoms with Crippen LogP contribution < -0.4 is 25.6 Å². The lowest BCUT2D eigenvalue weighted by molar-refractivity contribution is -0.124. The van der Waals surface area contributed by atoms with E-state index < -0.39 is 29.6 Å². The number of amides is 3. The standard InChI is InChI=1S/C22H26FN3O5/c1-5-31-17-11-10-14(12-18(17)30-4)20(27)25-26-22(29)19(13(2)3)24-21(28)15-8-6-7-9-16(15)23/h6-13,19H,5H2,1-4H3,(H,24,28)(H,25,27)(H,26,29)/t19-/m1/s1. The van der Waals surface area contributed by atoms with Gasteiger partial charge < -0.3 is 14.8 Å². The molecule has 1 atom stereocenters. The first-order chi connectivity index (χ1) is 14.8. The van der Waals surface area contributed by atoms with E-state index in [1.165, 1.54) is 37.4 Å². The highest BCUT2D eigenvalue weighted by Crippen LogP contribution is 2.27. The van der Waals surface area contributed by atoms with Gasteiger partial charge in [0.1, 0.15) is 11.9 Å². The molecule has 0 radical (unpaired) electrons.